The normalized spacial score (nSPS) is 16.4. The first-order chi connectivity index (χ1) is 14.1. The van der Waals surface area contributed by atoms with Gasteiger partial charge in [-0.1, -0.05) is 0 Å². The summed E-state index contributed by atoms with van der Waals surface area (Å²) in [6, 6.07) is 0. The van der Waals surface area contributed by atoms with E-state index in [9.17, 15) is 83.4 Å². The summed E-state index contributed by atoms with van der Waals surface area (Å²) in [7, 11) is 0. The van der Waals surface area contributed by atoms with E-state index < -0.39 is 73.0 Å². The maximum absolute atomic E-state index is 13.4. The first-order valence-corrected chi connectivity index (χ1v) is 7.47. The van der Waals surface area contributed by atoms with E-state index in [1.165, 1.54) is 0 Å². The topological polar surface area (TPSA) is 35.2 Å². The number of rotatable bonds is 11. The van der Waals surface area contributed by atoms with Crippen LogP contribution < -0.4 is 5.90 Å². The van der Waals surface area contributed by atoms with Crippen molar-refractivity contribution in [2.45, 2.75) is 66.4 Å². The Hall–Kier alpha value is -1.41. The Morgan fingerprint density at radius 3 is 0.970 bits per heavy atom. The molecule has 0 aliphatic heterocycles. The molecule has 0 atom stereocenters. The molecule has 0 aromatic rings. The minimum atomic E-state index is -8.90. The second-order valence-corrected chi connectivity index (χ2v) is 6.20. The van der Waals surface area contributed by atoms with Crippen molar-refractivity contribution >= 4 is 0 Å². The van der Waals surface area contributed by atoms with Crippen molar-refractivity contribution in [3.05, 3.63) is 0 Å². The second-order valence-electron chi connectivity index (χ2n) is 6.20. The molecule has 0 radical (unpaired) electrons. The molecule has 0 spiro atoms. The van der Waals surface area contributed by atoms with Gasteiger partial charge in [-0.2, -0.15) is 83.4 Å². The van der Waals surface area contributed by atoms with Crippen molar-refractivity contribution in [3.63, 3.8) is 0 Å². The van der Waals surface area contributed by atoms with Crippen LogP contribution in [0.25, 0.3) is 0 Å². The maximum Gasteiger partial charge on any atom is 0.460 e. The average Bonchev–Trinajstić information content (AvgIpc) is 2.59. The van der Waals surface area contributed by atoms with E-state index in [1.54, 1.807) is 0 Å². The van der Waals surface area contributed by atoms with Crippen LogP contribution in [0.1, 0.15) is 12.8 Å². The maximum atomic E-state index is 13.4. The largest absolute Gasteiger partial charge is 0.460 e. The van der Waals surface area contributed by atoms with Gasteiger partial charge in [0.2, 0.25) is 0 Å². The zero-order chi connectivity index (χ0) is 27.3. The predicted molar refractivity (Wildman–Crippen MR) is 65.0 cm³/mol. The van der Waals surface area contributed by atoms with Gasteiger partial charge in [0.15, 0.2) is 0 Å². The summed E-state index contributed by atoms with van der Waals surface area (Å²) in [5.74, 6) is -62.1. The number of hydrogen-bond donors (Lipinski definition) is 1. The third-order valence-corrected chi connectivity index (χ3v) is 3.93. The summed E-state index contributed by atoms with van der Waals surface area (Å²) < 4.78 is 247. The first kappa shape index (κ1) is 31.6. The zero-order valence-corrected chi connectivity index (χ0v) is 14.8. The standard InChI is InChI=1S/C12H8F19NO/c13-4(14,2-1-3-33-32)5(15,16)6(17,18)7(19,20)8(21,22)9(23,24)10(25,26)11(27,28)12(29,30)31/h1-3,32H2. The molecule has 0 aromatic carbocycles. The van der Waals surface area contributed by atoms with Crippen molar-refractivity contribution in [3.8, 4) is 0 Å². The molecule has 2 nitrogen and oxygen atoms in total. The summed E-state index contributed by atoms with van der Waals surface area (Å²) in [5, 5.41) is 0. The molecule has 0 saturated carbocycles. The van der Waals surface area contributed by atoms with Crippen molar-refractivity contribution in [2.24, 2.45) is 5.90 Å². The molecule has 2 N–H and O–H groups in total. The number of alkyl halides is 19. The van der Waals surface area contributed by atoms with E-state index in [-0.39, 0.29) is 0 Å². The molecule has 33 heavy (non-hydrogen) atoms. The lowest BCUT2D eigenvalue weighted by Gasteiger charge is -2.43. The molecule has 0 aliphatic carbocycles. The first-order valence-electron chi connectivity index (χ1n) is 7.47. The van der Waals surface area contributed by atoms with Crippen LogP contribution in [0.4, 0.5) is 83.4 Å². The van der Waals surface area contributed by atoms with Crippen LogP contribution in [0.3, 0.4) is 0 Å². The third kappa shape index (κ3) is 4.26. The lowest BCUT2D eigenvalue weighted by Crippen LogP contribution is -2.75. The molecule has 0 amide bonds. The molecule has 0 heterocycles. The predicted octanol–water partition coefficient (Wildman–Crippen LogP) is 6.30. The van der Waals surface area contributed by atoms with Gasteiger partial charge < -0.3 is 4.84 Å². The summed E-state index contributed by atoms with van der Waals surface area (Å²) in [6.45, 7) is -1.18. The fourth-order valence-corrected chi connectivity index (χ4v) is 1.93. The Morgan fingerprint density at radius 2 is 0.697 bits per heavy atom. The van der Waals surface area contributed by atoms with Gasteiger partial charge in [-0.3, -0.25) is 0 Å². The van der Waals surface area contributed by atoms with Crippen LogP contribution in [-0.2, 0) is 4.84 Å². The quantitative estimate of drug-likeness (QED) is 0.189. The zero-order valence-electron chi connectivity index (χ0n) is 14.8. The molecule has 0 saturated heterocycles. The molecule has 0 rings (SSSR count). The van der Waals surface area contributed by atoms with E-state index in [0.29, 0.717) is 0 Å². The highest BCUT2D eigenvalue weighted by Gasteiger charge is 2.96. The fraction of sp³-hybridized carbons (Fsp3) is 1.00. The summed E-state index contributed by atoms with van der Waals surface area (Å²) in [5.41, 5.74) is 0. The van der Waals surface area contributed by atoms with Gasteiger partial charge in [-0.15, -0.1) is 0 Å². The van der Waals surface area contributed by atoms with Crippen molar-refractivity contribution in [2.75, 3.05) is 6.61 Å². The van der Waals surface area contributed by atoms with Gasteiger partial charge in [0.05, 0.1) is 6.61 Å². The van der Waals surface area contributed by atoms with Gasteiger partial charge in [0.25, 0.3) is 0 Å². The molecule has 0 fully saturated rings. The Kier molecular flexibility index (Phi) is 8.01. The van der Waals surface area contributed by atoms with Crippen molar-refractivity contribution < 1.29 is 88.3 Å². The Labute approximate surface area is 168 Å². The highest BCUT2D eigenvalue weighted by molar-refractivity contribution is 5.16. The van der Waals surface area contributed by atoms with Crippen molar-refractivity contribution in [1.29, 1.82) is 0 Å². The molecule has 21 heteroatoms. The van der Waals surface area contributed by atoms with Gasteiger partial charge in [0.1, 0.15) is 0 Å². The number of halogens is 19. The lowest BCUT2D eigenvalue weighted by molar-refractivity contribution is -0.468. The molecule has 0 unspecified atom stereocenters. The van der Waals surface area contributed by atoms with Crippen LogP contribution in [0, 0.1) is 0 Å². The lowest BCUT2D eigenvalue weighted by atomic mass is 9.86. The summed E-state index contributed by atoms with van der Waals surface area (Å²) in [4.78, 5) is 3.52. The third-order valence-electron chi connectivity index (χ3n) is 3.93. The van der Waals surface area contributed by atoms with Crippen LogP contribution in [0.2, 0.25) is 0 Å². The highest BCUT2D eigenvalue weighted by Crippen LogP contribution is 2.65. The molecule has 0 bridgehead atoms. The molecule has 0 aromatic heterocycles. The summed E-state index contributed by atoms with van der Waals surface area (Å²) in [6.07, 6.45) is -12.0. The Balaban J connectivity index is 6.70. The monoisotopic (exact) mass is 543 g/mol. The minimum Gasteiger partial charge on any atom is -0.305 e. The second kappa shape index (κ2) is 8.36. The van der Waals surface area contributed by atoms with Crippen LogP contribution in [0.15, 0.2) is 0 Å². The fourth-order valence-electron chi connectivity index (χ4n) is 1.93. The molecule has 200 valence electrons. The van der Waals surface area contributed by atoms with E-state index in [4.69, 9.17) is 0 Å². The van der Waals surface area contributed by atoms with Gasteiger partial charge in [-0.25, -0.2) is 5.90 Å². The van der Waals surface area contributed by atoms with E-state index in [1.807, 2.05) is 0 Å². The molecular weight excluding hydrogens is 535 g/mol. The van der Waals surface area contributed by atoms with E-state index in [0.717, 1.165) is 0 Å². The molecular formula is C12H8F19NO. The number of nitrogens with two attached hydrogens (primary N) is 1. The van der Waals surface area contributed by atoms with Crippen LogP contribution in [-0.4, -0.2) is 60.2 Å². The van der Waals surface area contributed by atoms with E-state index >= 15 is 0 Å². The minimum absolute atomic E-state index is 1.18. The Bertz CT molecular complexity index is 681. The number of hydrogen-bond acceptors (Lipinski definition) is 2. The van der Waals surface area contributed by atoms with Gasteiger partial charge in [0, 0.05) is 6.42 Å². The van der Waals surface area contributed by atoms with Gasteiger partial charge in [-0.05, 0) is 6.42 Å². The van der Waals surface area contributed by atoms with Crippen molar-refractivity contribution in [1.82, 2.24) is 0 Å². The summed E-state index contributed by atoms with van der Waals surface area (Å²) >= 11 is 0. The Morgan fingerprint density at radius 1 is 0.424 bits per heavy atom. The molecule has 0 aliphatic rings. The van der Waals surface area contributed by atoms with Gasteiger partial charge >= 0.3 is 53.6 Å². The SMILES string of the molecule is NOCCCC(F)(F)C(F)(F)C(F)(F)C(F)(F)C(F)(F)C(F)(F)C(F)(F)C(F)(F)C(F)(F)F. The average molecular weight is 543 g/mol. The smallest absolute Gasteiger partial charge is 0.305 e. The van der Waals surface area contributed by atoms with Crippen LogP contribution >= 0.6 is 0 Å². The van der Waals surface area contributed by atoms with E-state index in [2.05, 4.69) is 10.7 Å². The van der Waals surface area contributed by atoms with Crippen LogP contribution in [0.5, 0.6) is 0 Å². The highest BCUT2D eigenvalue weighted by atomic mass is 19.4.